The van der Waals surface area contributed by atoms with Crippen LogP contribution in [-0.4, -0.2) is 54.7 Å². The van der Waals surface area contributed by atoms with Gasteiger partial charge in [-0.1, -0.05) is 79.5 Å². The Morgan fingerprint density at radius 1 is 1.07 bits per heavy atom. The number of halogens is 2. The van der Waals surface area contributed by atoms with Crippen molar-refractivity contribution in [3.05, 3.63) is 88.4 Å². The van der Waals surface area contributed by atoms with Gasteiger partial charge in [0.15, 0.2) is 5.82 Å². The van der Waals surface area contributed by atoms with Gasteiger partial charge < -0.3 is 10.2 Å². The Morgan fingerprint density at radius 3 is 2.40 bits per heavy atom. The summed E-state index contributed by atoms with van der Waals surface area (Å²) in [4.78, 5) is 37.2. The van der Waals surface area contributed by atoms with Crippen LogP contribution in [0.15, 0.2) is 72.2 Å². The van der Waals surface area contributed by atoms with Crippen LogP contribution in [0.4, 0.5) is 11.5 Å². The quantitative estimate of drug-likeness (QED) is 0.104. The molecule has 0 bridgehead atoms. The average Bonchev–Trinajstić information content (AvgIpc) is 2.95. The molecule has 1 heterocycles. The normalized spacial score (nSPS) is 12.1. The van der Waals surface area contributed by atoms with Crippen LogP contribution >= 0.6 is 23.2 Å². The molecule has 3 aromatic rings. The van der Waals surface area contributed by atoms with E-state index in [1.165, 1.54) is 4.90 Å². The van der Waals surface area contributed by atoms with Crippen LogP contribution in [0.3, 0.4) is 0 Å². The van der Waals surface area contributed by atoms with E-state index in [1.807, 2.05) is 55.5 Å². The average molecular weight is 581 g/mol. The highest BCUT2D eigenvalue weighted by Crippen LogP contribution is 2.39. The molecule has 40 heavy (non-hydrogen) atoms. The summed E-state index contributed by atoms with van der Waals surface area (Å²) < 4.78 is 0. The lowest BCUT2D eigenvalue weighted by atomic mass is 10.00. The Balaban J connectivity index is 2.34. The third-order valence-electron chi connectivity index (χ3n) is 6.56. The molecule has 1 unspecified atom stereocenters. The van der Waals surface area contributed by atoms with Crippen molar-refractivity contribution >= 4 is 53.4 Å². The number of carbonyl (C=O) groups excluding carboxylic acids is 2. The summed E-state index contributed by atoms with van der Waals surface area (Å²) in [7, 11) is 1.68. The van der Waals surface area contributed by atoms with E-state index < -0.39 is 0 Å². The molecule has 0 aliphatic carbocycles. The fourth-order valence-corrected chi connectivity index (χ4v) is 5.06. The number of pyridine rings is 1. The molecule has 3 rings (SSSR count). The van der Waals surface area contributed by atoms with Gasteiger partial charge in [0.1, 0.15) is 5.84 Å². The fourth-order valence-electron chi connectivity index (χ4n) is 4.58. The molecule has 0 fully saturated rings. The van der Waals surface area contributed by atoms with Crippen molar-refractivity contribution in [2.24, 2.45) is 4.99 Å². The lowest BCUT2D eigenvalue weighted by Gasteiger charge is -2.34. The van der Waals surface area contributed by atoms with Crippen LogP contribution < -0.4 is 10.2 Å². The van der Waals surface area contributed by atoms with Crippen molar-refractivity contribution in [1.29, 1.82) is 0 Å². The van der Waals surface area contributed by atoms with Crippen molar-refractivity contribution in [1.82, 2.24) is 15.2 Å². The fraction of sp³-hybridized carbons (Fsp3) is 0.290. The first-order valence-electron chi connectivity index (χ1n) is 13.1. The summed E-state index contributed by atoms with van der Waals surface area (Å²) in [6.45, 7) is 11.0. The highest BCUT2D eigenvalue weighted by atomic mass is 35.5. The van der Waals surface area contributed by atoms with E-state index in [9.17, 15) is 9.59 Å². The SMILES string of the molecule is C=CCCN(C(=NC)c1cc(Cl)c(-c2ccccc2Cl)nc1N(C=O)c1ccccc1C(C)C)C(C)CNC=O. The molecule has 0 spiro atoms. The first kappa shape index (κ1) is 30.9. The van der Waals surface area contributed by atoms with Gasteiger partial charge >= 0.3 is 0 Å². The molecular formula is C31H35Cl2N5O2. The van der Waals surface area contributed by atoms with Crippen molar-refractivity contribution in [2.45, 2.75) is 39.2 Å². The maximum atomic E-state index is 12.9. The minimum absolute atomic E-state index is 0.133. The second kappa shape index (κ2) is 14.6. The summed E-state index contributed by atoms with van der Waals surface area (Å²) in [6.07, 6.45) is 3.93. The Labute approximate surface area is 246 Å². The van der Waals surface area contributed by atoms with Crippen molar-refractivity contribution in [2.75, 3.05) is 25.0 Å². The minimum atomic E-state index is -0.133. The maximum Gasteiger partial charge on any atom is 0.219 e. The van der Waals surface area contributed by atoms with Crippen molar-refractivity contribution in [3.8, 4) is 11.3 Å². The van der Waals surface area contributed by atoms with Gasteiger partial charge in [-0.25, -0.2) is 4.98 Å². The Kier molecular flexibility index (Phi) is 11.3. The number of nitrogens with zero attached hydrogens (tertiary/aromatic N) is 4. The number of anilines is 2. The highest BCUT2D eigenvalue weighted by Gasteiger charge is 2.28. The van der Waals surface area contributed by atoms with Crippen LogP contribution in [0.5, 0.6) is 0 Å². The van der Waals surface area contributed by atoms with E-state index in [2.05, 4.69) is 35.6 Å². The zero-order chi connectivity index (χ0) is 29.2. The van der Waals surface area contributed by atoms with E-state index in [0.717, 1.165) is 12.0 Å². The van der Waals surface area contributed by atoms with Gasteiger partial charge in [-0.3, -0.25) is 19.5 Å². The van der Waals surface area contributed by atoms with Gasteiger partial charge in [0.05, 0.1) is 27.0 Å². The van der Waals surface area contributed by atoms with E-state index in [4.69, 9.17) is 28.2 Å². The summed E-state index contributed by atoms with van der Waals surface area (Å²) >= 11 is 13.4. The second-order valence-electron chi connectivity index (χ2n) is 9.55. The molecule has 0 aliphatic heterocycles. The zero-order valence-corrected chi connectivity index (χ0v) is 24.8. The molecule has 9 heteroatoms. The largest absolute Gasteiger partial charge is 0.357 e. The predicted octanol–water partition coefficient (Wildman–Crippen LogP) is 6.86. The minimum Gasteiger partial charge on any atom is -0.357 e. The van der Waals surface area contributed by atoms with E-state index in [-0.39, 0.29) is 12.0 Å². The van der Waals surface area contributed by atoms with Crippen molar-refractivity contribution < 1.29 is 9.59 Å². The van der Waals surface area contributed by atoms with Gasteiger partial charge in [-0.05, 0) is 43.0 Å². The summed E-state index contributed by atoms with van der Waals surface area (Å²) in [6, 6.07) is 16.7. The Morgan fingerprint density at radius 2 is 1.77 bits per heavy atom. The van der Waals surface area contributed by atoms with Crippen LogP contribution in [0.2, 0.25) is 10.0 Å². The molecule has 2 aromatic carbocycles. The number of para-hydroxylation sites is 1. The third-order valence-corrected chi connectivity index (χ3v) is 7.18. The van der Waals surface area contributed by atoms with Crippen molar-refractivity contribution in [3.63, 3.8) is 0 Å². The maximum absolute atomic E-state index is 12.9. The Hall–Kier alpha value is -3.68. The number of hydrogen-bond donors (Lipinski definition) is 1. The predicted molar refractivity (Wildman–Crippen MR) is 166 cm³/mol. The number of hydrogen-bond acceptors (Lipinski definition) is 4. The lowest BCUT2D eigenvalue weighted by molar-refractivity contribution is -0.109. The Bertz CT molecular complexity index is 1380. The number of amidine groups is 1. The molecule has 1 N–H and O–H groups in total. The van der Waals surface area contributed by atoms with Gasteiger partial charge in [-0.2, -0.15) is 0 Å². The second-order valence-corrected chi connectivity index (χ2v) is 10.4. The van der Waals surface area contributed by atoms with Crippen LogP contribution in [0.1, 0.15) is 44.2 Å². The summed E-state index contributed by atoms with van der Waals surface area (Å²) in [5.74, 6) is 1.09. The van der Waals surface area contributed by atoms with Gasteiger partial charge in [0.25, 0.3) is 0 Å². The number of aromatic nitrogens is 1. The molecule has 0 saturated heterocycles. The monoisotopic (exact) mass is 579 g/mol. The third kappa shape index (κ3) is 6.90. The number of rotatable bonds is 13. The van der Waals surface area contributed by atoms with Crippen LogP contribution in [-0.2, 0) is 9.59 Å². The standard InChI is InChI=1S/C31H35Cl2N5O2/c1-6-7-16-37(22(4)18-35-19-39)30(34-5)25-17-27(33)29(24-13-8-10-14-26(24)32)36-31(25)38(20-40)28-15-11-9-12-23(28)21(2)3/h6,8-15,17,19-22H,1,7,16,18H2,2-5H3,(H,35,39). The number of amides is 2. The van der Waals surface area contributed by atoms with Crippen LogP contribution in [0, 0.1) is 0 Å². The summed E-state index contributed by atoms with van der Waals surface area (Å²) in [5, 5.41) is 3.60. The molecule has 1 atom stereocenters. The molecule has 2 amide bonds. The number of nitrogens with one attached hydrogen (secondary N) is 1. The number of carbonyl (C=O) groups is 2. The lowest BCUT2D eigenvalue weighted by Crippen LogP contribution is -2.45. The molecular weight excluding hydrogens is 545 g/mol. The molecule has 210 valence electrons. The van der Waals surface area contributed by atoms with Crippen LogP contribution in [0.25, 0.3) is 11.3 Å². The smallest absolute Gasteiger partial charge is 0.219 e. The van der Waals surface area contributed by atoms with E-state index >= 15 is 0 Å². The van der Waals surface area contributed by atoms with E-state index in [1.54, 1.807) is 19.2 Å². The molecule has 0 aliphatic rings. The summed E-state index contributed by atoms with van der Waals surface area (Å²) in [5.41, 5.74) is 3.35. The van der Waals surface area contributed by atoms with Gasteiger partial charge in [0, 0.05) is 31.7 Å². The molecule has 7 nitrogen and oxygen atoms in total. The number of benzene rings is 2. The van der Waals surface area contributed by atoms with Gasteiger partial charge in [0.2, 0.25) is 12.8 Å². The first-order valence-corrected chi connectivity index (χ1v) is 13.8. The molecule has 0 radical (unpaired) electrons. The van der Waals surface area contributed by atoms with E-state index in [0.29, 0.717) is 70.1 Å². The topological polar surface area (TPSA) is 77.9 Å². The highest BCUT2D eigenvalue weighted by molar-refractivity contribution is 6.36. The molecule has 1 aromatic heterocycles. The first-order chi connectivity index (χ1) is 19.3. The zero-order valence-electron chi connectivity index (χ0n) is 23.3. The number of aliphatic imine (C=N–C) groups is 1. The van der Waals surface area contributed by atoms with Gasteiger partial charge in [-0.15, -0.1) is 6.58 Å². The molecule has 0 saturated carbocycles.